The Bertz CT molecular complexity index is 1400. The minimum Gasteiger partial charge on any atom is -0.361 e. The molecule has 0 bridgehead atoms. The summed E-state index contributed by atoms with van der Waals surface area (Å²) in [4.78, 5) is 0. The number of benzene rings is 4. The Labute approximate surface area is 184 Å². The Balaban J connectivity index is 1.90. The molecule has 0 aliphatic heterocycles. The Morgan fingerprint density at radius 1 is 0.742 bits per heavy atom. The molecule has 0 N–H and O–H groups in total. The van der Waals surface area contributed by atoms with E-state index in [1.165, 1.54) is 0 Å². The van der Waals surface area contributed by atoms with Crippen molar-refractivity contribution in [3.05, 3.63) is 95.1 Å². The van der Waals surface area contributed by atoms with Crippen LogP contribution >= 0.6 is 0 Å². The van der Waals surface area contributed by atoms with E-state index in [2.05, 4.69) is 72.2 Å². The number of ether oxygens (including phenoxy) is 1. The van der Waals surface area contributed by atoms with Gasteiger partial charge in [-0.05, 0) is 39.6 Å². The van der Waals surface area contributed by atoms with Crippen LogP contribution in [0.1, 0.15) is 29.2 Å². The summed E-state index contributed by atoms with van der Waals surface area (Å²) < 4.78 is 5.82. The van der Waals surface area contributed by atoms with Gasteiger partial charge in [-0.1, -0.05) is 90.6 Å². The van der Waals surface area contributed by atoms with Gasteiger partial charge in [-0.15, -0.1) is 18.8 Å². The van der Waals surface area contributed by atoms with E-state index in [-0.39, 0.29) is 6.10 Å². The predicted octanol–water partition coefficient (Wildman–Crippen LogP) is 6.11. The fourth-order valence-electron chi connectivity index (χ4n) is 3.69. The zero-order chi connectivity index (χ0) is 21.6. The Morgan fingerprint density at radius 3 is 1.87 bits per heavy atom. The molecule has 0 aliphatic carbocycles. The summed E-state index contributed by atoms with van der Waals surface area (Å²) in [5.41, 5.74) is 4.02. The SMILES string of the molecule is C#CCc1ccc2ccccc2c1C#Cc1c(CO[C@@H](C)C#C)ccc2ccccc12. The molecule has 148 valence electrons. The number of rotatable bonds is 4. The second-order valence-corrected chi connectivity index (χ2v) is 7.39. The van der Waals surface area contributed by atoms with E-state index in [0.717, 1.165) is 43.8 Å². The molecule has 1 nitrogen and oxygen atoms in total. The van der Waals surface area contributed by atoms with E-state index >= 15 is 0 Å². The molecule has 0 unspecified atom stereocenters. The van der Waals surface area contributed by atoms with Crippen molar-refractivity contribution >= 4 is 21.5 Å². The number of fused-ring (bicyclic) bond motifs is 2. The molecular formula is C30H22O. The van der Waals surface area contributed by atoms with Gasteiger partial charge < -0.3 is 4.74 Å². The first-order valence-corrected chi connectivity index (χ1v) is 10.3. The third-order valence-electron chi connectivity index (χ3n) is 5.36. The highest BCUT2D eigenvalue weighted by Crippen LogP contribution is 2.25. The summed E-state index contributed by atoms with van der Waals surface area (Å²) in [6.45, 7) is 2.28. The molecular weight excluding hydrogens is 376 g/mol. The minimum absolute atomic E-state index is 0.257. The van der Waals surface area contributed by atoms with E-state index in [0.29, 0.717) is 13.0 Å². The van der Waals surface area contributed by atoms with Crippen LogP contribution < -0.4 is 0 Å². The van der Waals surface area contributed by atoms with Crippen molar-refractivity contribution in [3.8, 4) is 36.5 Å². The topological polar surface area (TPSA) is 9.23 Å². The van der Waals surface area contributed by atoms with Crippen molar-refractivity contribution in [3.63, 3.8) is 0 Å². The third kappa shape index (κ3) is 4.32. The lowest BCUT2D eigenvalue weighted by Crippen LogP contribution is -2.06. The predicted molar refractivity (Wildman–Crippen MR) is 129 cm³/mol. The summed E-state index contributed by atoms with van der Waals surface area (Å²) in [7, 11) is 0. The normalized spacial score (nSPS) is 11.3. The Hall–Kier alpha value is -3.96. The lowest BCUT2D eigenvalue weighted by atomic mass is 9.95. The van der Waals surface area contributed by atoms with Gasteiger partial charge in [-0.3, -0.25) is 0 Å². The van der Waals surface area contributed by atoms with Crippen LogP contribution in [-0.4, -0.2) is 6.10 Å². The van der Waals surface area contributed by atoms with E-state index in [1.54, 1.807) is 0 Å². The standard InChI is InChI=1S/C30H22O/c1-4-10-23-15-16-24-11-6-8-13-27(24)29(23)19-20-30-26(21-31-22(3)5-2)18-17-25-12-7-9-14-28(25)30/h1-2,6-9,11-18,22H,10,21H2,3H3/t22-/m0/s1. The van der Waals surface area contributed by atoms with Crippen molar-refractivity contribution in [2.45, 2.75) is 26.1 Å². The van der Waals surface area contributed by atoms with Gasteiger partial charge in [0.15, 0.2) is 0 Å². The molecule has 0 aliphatic rings. The molecule has 31 heavy (non-hydrogen) atoms. The van der Waals surface area contributed by atoms with Gasteiger partial charge in [0.2, 0.25) is 0 Å². The molecule has 0 amide bonds. The van der Waals surface area contributed by atoms with E-state index in [9.17, 15) is 0 Å². The van der Waals surface area contributed by atoms with Crippen molar-refractivity contribution in [1.29, 1.82) is 0 Å². The molecule has 0 radical (unpaired) electrons. The van der Waals surface area contributed by atoms with Crippen LogP contribution in [0.15, 0.2) is 72.8 Å². The molecule has 0 fully saturated rings. The molecule has 4 rings (SSSR count). The first-order valence-electron chi connectivity index (χ1n) is 10.3. The summed E-state index contributed by atoms with van der Waals surface area (Å²) in [6.07, 6.45) is 11.4. The van der Waals surface area contributed by atoms with Crippen LogP contribution in [-0.2, 0) is 17.8 Å². The maximum absolute atomic E-state index is 5.82. The van der Waals surface area contributed by atoms with Crippen LogP contribution in [0.5, 0.6) is 0 Å². The monoisotopic (exact) mass is 398 g/mol. The average Bonchev–Trinajstić information content (AvgIpc) is 2.82. The summed E-state index contributed by atoms with van der Waals surface area (Å²) >= 11 is 0. The van der Waals surface area contributed by atoms with E-state index in [4.69, 9.17) is 17.6 Å². The average molecular weight is 399 g/mol. The van der Waals surface area contributed by atoms with Crippen LogP contribution in [0, 0.1) is 36.5 Å². The zero-order valence-electron chi connectivity index (χ0n) is 17.5. The molecule has 4 aromatic carbocycles. The largest absolute Gasteiger partial charge is 0.361 e. The highest BCUT2D eigenvalue weighted by atomic mass is 16.5. The van der Waals surface area contributed by atoms with Crippen molar-refractivity contribution in [1.82, 2.24) is 0 Å². The van der Waals surface area contributed by atoms with Gasteiger partial charge in [0.25, 0.3) is 0 Å². The number of hydrogen-bond donors (Lipinski definition) is 0. The smallest absolute Gasteiger partial charge is 0.115 e. The Morgan fingerprint density at radius 2 is 1.29 bits per heavy atom. The molecule has 0 aromatic heterocycles. The number of terminal acetylenes is 2. The number of hydrogen-bond acceptors (Lipinski definition) is 1. The van der Waals surface area contributed by atoms with Crippen LogP contribution in [0.3, 0.4) is 0 Å². The third-order valence-corrected chi connectivity index (χ3v) is 5.36. The summed E-state index contributed by atoms with van der Waals surface area (Å²) in [5.74, 6) is 12.3. The summed E-state index contributed by atoms with van der Waals surface area (Å²) in [6, 6.07) is 24.9. The molecule has 1 atom stereocenters. The first-order chi connectivity index (χ1) is 15.2. The van der Waals surface area contributed by atoms with Crippen LogP contribution in [0.2, 0.25) is 0 Å². The molecule has 0 saturated carbocycles. The molecule has 0 heterocycles. The van der Waals surface area contributed by atoms with Crippen LogP contribution in [0.4, 0.5) is 0 Å². The zero-order valence-corrected chi connectivity index (χ0v) is 17.5. The molecule has 0 spiro atoms. The lowest BCUT2D eigenvalue weighted by Gasteiger charge is -2.11. The van der Waals surface area contributed by atoms with Crippen molar-refractivity contribution in [2.24, 2.45) is 0 Å². The van der Waals surface area contributed by atoms with Gasteiger partial charge in [0, 0.05) is 17.5 Å². The second kappa shape index (κ2) is 9.24. The first kappa shape index (κ1) is 20.3. The lowest BCUT2D eigenvalue weighted by molar-refractivity contribution is 0.0901. The molecule has 4 aromatic rings. The van der Waals surface area contributed by atoms with Gasteiger partial charge in [0.05, 0.1) is 6.61 Å². The molecule has 1 heteroatoms. The molecule has 0 saturated heterocycles. The second-order valence-electron chi connectivity index (χ2n) is 7.39. The summed E-state index contributed by atoms with van der Waals surface area (Å²) in [5, 5.41) is 4.50. The fraction of sp³-hybridized carbons (Fsp3) is 0.133. The van der Waals surface area contributed by atoms with E-state index < -0.39 is 0 Å². The van der Waals surface area contributed by atoms with Crippen molar-refractivity contribution in [2.75, 3.05) is 0 Å². The minimum atomic E-state index is -0.257. The highest BCUT2D eigenvalue weighted by Gasteiger charge is 2.09. The van der Waals surface area contributed by atoms with E-state index in [1.807, 2.05) is 31.2 Å². The van der Waals surface area contributed by atoms with Gasteiger partial charge in [0.1, 0.15) is 6.10 Å². The highest BCUT2D eigenvalue weighted by molar-refractivity contribution is 5.92. The van der Waals surface area contributed by atoms with Gasteiger partial charge >= 0.3 is 0 Å². The van der Waals surface area contributed by atoms with Crippen molar-refractivity contribution < 1.29 is 4.74 Å². The fourth-order valence-corrected chi connectivity index (χ4v) is 3.69. The van der Waals surface area contributed by atoms with Gasteiger partial charge in [-0.2, -0.15) is 0 Å². The van der Waals surface area contributed by atoms with Crippen LogP contribution in [0.25, 0.3) is 21.5 Å². The Kier molecular flexibility index (Phi) is 6.05. The quantitative estimate of drug-likeness (QED) is 0.377. The maximum atomic E-state index is 5.82. The maximum Gasteiger partial charge on any atom is 0.115 e. The van der Waals surface area contributed by atoms with Gasteiger partial charge in [-0.25, -0.2) is 0 Å².